The second kappa shape index (κ2) is 7.87. The van der Waals surface area contributed by atoms with E-state index in [9.17, 15) is 0 Å². The maximum Gasteiger partial charge on any atom is 0.124 e. The topological polar surface area (TPSA) is 21.3 Å². The van der Waals surface area contributed by atoms with Crippen molar-refractivity contribution in [3.8, 4) is 5.75 Å². The molecular formula is C16H14Br2ClNO. The number of halogens is 3. The summed E-state index contributed by atoms with van der Waals surface area (Å²) in [7, 11) is 0. The predicted octanol–water partition coefficient (Wildman–Crippen LogP) is 6.04. The molecule has 0 saturated carbocycles. The van der Waals surface area contributed by atoms with Gasteiger partial charge in [-0.2, -0.15) is 0 Å². The van der Waals surface area contributed by atoms with E-state index in [1.54, 1.807) is 6.08 Å². The summed E-state index contributed by atoms with van der Waals surface area (Å²) in [5.41, 5.74) is 2.02. The van der Waals surface area contributed by atoms with Crippen molar-refractivity contribution in [1.82, 2.24) is 0 Å². The van der Waals surface area contributed by atoms with Gasteiger partial charge >= 0.3 is 0 Å². The molecule has 0 aromatic heterocycles. The summed E-state index contributed by atoms with van der Waals surface area (Å²) in [6, 6.07) is 11.7. The first-order valence-electron chi connectivity index (χ1n) is 6.31. The quantitative estimate of drug-likeness (QED) is 0.563. The number of nitrogens with one attached hydrogen (secondary N) is 1. The van der Waals surface area contributed by atoms with Crippen LogP contribution in [0.4, 0.5) is 5.69 Å². The third kappa shape index (κ3) is 4.77. The van der Waals surface area contributed by atoms with Gasteiger partial charge in [-0.3, -0.25) is 0 Å². The van der Waals surface area contributed by atoms with E-state index in [4.69, 9.17) is 16.3 Å². The summed E-state index contributed by atoms with van der Waals surface area (Å²) in [4.78, 5) is 0. The molecule has 0 heterocycles. The zero-order valence-corrected chi connectivity index (χ0v) is 15.1. The fourth-order valence-electron chi connectivity index (χ4n) is 1.78. The number of benzene rings is 2. The molecule has 21 heavy (non-hydrogen) atoms. The van der Waals surface area contributed by atoms with Gasteiger partial charge in [0.05, 0.1) is 5.02 Å². The van der Waals surface area contributed by atoms with E-state index in [0.29, 0.717) is 18.2 Å². The summed E-state index contributed by atoms with van der Waals surface area (Å²) in [5, 5.41) is 4.02. The van der Waals surface area contributed by atoms with Crippen LogP contribution in [0.3, 0.4) is 0 Å². The van der Waals surface area contributed by atoms with Crippen molar-refractivity contribution in [3.63, 3.8) is 0 Å². The molecule has 0 bridgehead atoms. The van der Waals surface area contributed by atoms with Crippen LogP contribution in [-0.4, -0.2) is 6.61 Å². The first-order valence-corrected chi connectivity index (χ1v) is 8.27. The molecule has 0 unspecified atom stereocenters. The molecule has 0 saturated heterocycles. The van der Waals surface area contributed by atoms with Crippen molar-refractivity contribution < 1.29 is 4.74 Å². The lowest BCUT2D eigenvalue weighted by Gasteiger charge is -2.13. The smallest absolute Gasteiger partial charge is 0.124 e. The van der Waals surface area contributed by atoms with Gasteiger partial charge in [0.15, 0.2) is 0 Å². The van der Waals surface area contributed by atoms with Gasteiger partial charge in [-0.1, -0.05) is 40.2 Å². The molecule has 0 aliphatic heterocycles. The summed E-state index contributed by atoms with van der Waals surface area (Å²) < 4.78 is 7.55. The van der Waals surface area contributed by atoms with Crippen molar-refractivity contribution in [2.24, 2.45) is 0 Å². The SMILES string of the molecule is C=CCOc1ccc(Br)cc1CNc1ccc(Br)c(Cl)c1. The van der Waals surface area contributed by atoms with Crippen LogP contribution >= 0.6 is 43.5 Å². The van der Waals surface area contributed by atoms with E-state index in [2.05, 4.69) is 43.8 Å². The number of hydrogen-bond donors (Lipinski definition) is 1. The van der Waals surface area contributed by atoms with E-state index in [-0.39, 0.29) is 0 Å². The lowest BCUT2D eigenvalue weighted by Crippen LogP contribution is -2.03. The second-order valence-corrected chi connectivity index (χ2v) is 6.51. The molecule has 1 N–H and O–H groups in total. The van der Waals surface area contributed by atoms with E-state index in [1.165, 1.54) is 0 Å². The van der Waals surface area contributed by atoms with Crippen LogP contribution in [0, 0.1) is 0 Å². The highest BCUT2D eigenvalue weighted by atomic mass is 79.9. The standard InChI is InChI=1S/C16H14Br2ClNO/c1-2-7-21-16-6-3-12(17)8-11(16)10-20-13-4-5-14(18)15(19)9-13/h2-6,8-9,20H,1,7,10H2. The third-order valence-corrected chi connectivity index (χ3v) is 4.51. The monoisotopic (exact) mass is 429 g/mol. The summed E-state index contributed by atoms with van der Waals surface area (Å²) in [6.45, 7) is 4.79. The molecule has 2 rings (SSSR count). The van der Waals surface area contributed by atoms with Gasteiger partial charge in [-0.25, -0.2) is 0 Å². The Hall–Kier alpha value is -0.970. The van der Waals surface area contributed by atoms with Crippen LogP contribution in [0.1, 0.15) is 5.56 Å². The van der Waals surface area contributed by atoms with Gasteiger partial charge in [0.25, 0.3) is 0 Å². The van der Waals surface area contributed by atoms with Crippen LogP contribution in [0.15, 0.2) is 58.0 Å². The van der Waals surface area contributed by atoms with Gasteiger partial charge in [0.2, 0.25) is 0 Å². The van der Waals surface area contributed by atoms with Gasteiger partial charge < -0.3 is 10.1 Å². The fraction of sp³-hybridized carbons (Fsp3) is 0.125. The van der Waals surface area contributed by atoms with Crippen LogP contribution in [0.25, 0.3) is 0 Å². The van der Waals surface area contributed by atoms with Gasteiger partial charge in [-0.05, 0) is 52.3 Å². The number of rotatable bonds is 6. The fourth-order valence-corrected chi connectivity index (χ4v) is 2.61. The first-order chi connectivity index (χ1) is 10.1. The van der Waals surface area contributed by atoms with Crippen molar-refractivity contribution in [3.05, 3.63) is 68.6 Å². The molecule has 110 valence electrons. The molecule has 0 aliphatic rings. The van der Waals surface area contributed by atoms with E-state index < -0.39 is 0 Å². The molecule has 0 amide bonds. The third-order valence-electron chi connectivity index (χ3n) is 2.78. The Morgan fingerprint density at radius 3 is 2.71 bits per heavy atom. The second-order valence-electron chi connectivity index (χ2n) is 4.33. The Morgan fingerprint density at radius 1 is 1.19 bits per heavy atom. The van der Waals surface area contributed by atoms with Gasteiger partial charge in [0, 0.05) is 26.7 Å². The van der Waals surface area contributed by atoms with E-state index >= 15 is 0 Å². The molecular weight excluding hydrogens is 417 g/mol. The molecule has 0 atom stereocenters. The number of ether oxygens (including phenoxy) is 1. The normalized spacial score (nSPS) is 10.2. The largest absolute Gasteiger partial charge is 0.489 e. The zero-order chi connectivity index (χ0) is 15.2. The summed E-state index contributed by atoms with van der Waals surface area (Å²) in [5.74, 6) is 0.841. The molecule has 2 aromatic carbocycles. The zero-order valence-electron chi connectivity index (χ0n) is 11.2. The number of hydrogen-bond acceptors (Lipinski definition) is 2. The minimum Gasteiger partial charge on any atom is -0.489 e. The van der Waals surface area contributed by atoms with Crippen molar-refractivity contribution in [2.75, 3.05) is 11.9 Å². The van der Waals surface area contributed by atoms with Gasteiger partial charge in [-0.15, -0.1) is 0 Å². The van der Waals surface area contributed by atoms with Crippen molar-refractivity contribution in [1.29, 1.82) is 0 Å². The molecule has 2 aromatic rings. The number of anilines is 1. The lowest BCUT2D eigenvalue weighted by atomic mass is 10.2. The minimum atomic E-state index is 0.485. The average Bonchev–Trinajstić information content (AvgIpc) is 2.47. The highest BCUT2D eigenvalue weighted by Gasteiger charge is 2.05. The predicted molar refractivity (Wildman–Crippen MR) is 96.3 cm³/mol. The van der Waals surface area contributed by atoms with Crippen LogP contribution < -0.4 is 10.1 Å². The van der Waals surface area contributed by atoms with Crippen molar-refractivity contribution in [2.45, 2.75) is 6.54 Å². The minimum absolute atomic E-state index is 0.485. The highest BCUT2D eigenvalue weighted by molar-refractivity contribution is 9.10. The maximum atomic E-state index is 6.09. The molecule has 5 heteroatoms. The Bertz CT molecular complexity index is 646. The van der Waals surface area contributed by atoms with E-state index in [1.807, 2.05) is 36.4 Å². The molecule has 0 fully saturated rings. The first kappa shape index (κ1) is 16.4. The Labute approximate surface area is 146 Å². The Morgan fingerprint density at radius 2 is 2.00 bits per heavy atom. The summed E-state index contributed by atoms with van der Waals surface area (Å²) >= 11 is 13.0. The van der Waals surface area contributed by atoms with Crippen LogP contribution in [-0.2, 0) is 6.54 Å². The van der Waals surface area contributed by atoms with Crippen LogP contribution in [0.5, 0.6) is 5.75 Å². The molecule has 0 spiro atoms. The summed E-state index contributed by atoms with van der Waals surface area (Å²) in [6.07, 6.45) is 1.73. The maximum absolute atomic E-state index is 6.09. The van der Waals surface area contributed by atoms with Gasteiger partial charge in [0.1, 0.15) is 12.4 Å². The molecule has 0 radical (unpaired) electrons. The van der Waals surface area contributed by atoms with Crippen molar-refractivity contribution >= 4 is 49.1 Å². The average molecular weight is 432 g/mol. The Balaban J connectivity index is 2.12. The lowest BCUT2D eigenvalue weighted by molar-refractivity contribution is 0.359. The Kier molecular flexibility index (Phi) is 6.15. The van der Waals surface area contributed by atoms with Crippen LogP contribution in [0.2, 0.25) is 5.02 Å². The molecule has 2 nitrogen and oxygen atoms in total. The molecule has 0 aliphatic carbocycles. The highest BCUT2D eigenvalue weighted by Crippen LogP contribution is 2.27. The van der Waals surface area contributed by atoms with E-state index in [0.717, 1.165) is 25.9 Å².